The SMILES string of the molecule is CC(C)CCCOCO. The molecular formula is C7H16O2. The van der Waals surface area contributed by atoms with Crippen LogP contribution in [0.1, 0.15) is 26.7 Å². The molecule has 0 bridgehead atoms. The molecule has 0 saturated heterocycles. The first-order valence-corrected chi connectivity index (χ1v) is 3.46. The maximum absolute atomic E-state index is 8.21. The Labute approximate surface area is 56.8 Å². The van der Waals surface area contributed by atoms with E-state index in [0.717, 1.165) is 12.3 Å². The molecule has 0 rings (SSSR count). The third-order valence-electron chi connectivity index (χ3n) is 1.16. The fourth-order valence-electron chi connectivity index (χ4n) is 0.658. The third kappa shape index (κ3) is 7.92. The largest absolute Gasteiger partial charge is 0.371 e. The maximum Gasteiger partial charge on any atom is 0.143 e. The minimum absolute atomic E-state index is 0.141. The van der Waals surface area contributed by atoms with Crippen molar-refractivity contribution in [3.05, 3.63) is 0 Å². The number of ether oxygens (including phenoxy) is 1. The van der Waals surface area contributed by atoms with Crippen LogP contribution >= 0.6 is 0 Å². The van der Waals surface area contributed by atoms with Crippen molar-refractivity contribution < 1.29 is 9.84 Å². The van der Waals surface area contributed by atoms with Gasteiger partial charge in [0.2, 0.25) is 0 Å². The normalized spacial score (nSPS) is 10.7. The quantitative estimate of drug-likeness (QED) is 0.452. The summed E-state index contributed by atoms with van der Waals surface area (Å²) >= 11 is 0. The summed E-state index contributed by atoms with van der Waals surface area (Å²) in [7, 11) is 0. The van der Waals surface area contributed by atoms with Gasteiger partial charge >= 0.3 is 0 Å². The van der Waals surface area contributed by atoms with Gasteiger partial charge in [-0.2, -0.15) is 0 Å². The summed E-state index contributed by atoms with van der Waals surface area (Å²) in [6, 6.07) is 0. The van der Waals surface area contributed by atoms with Gasteiger partial charge in [0, 0.05) is 6.61 Å². The number of aliphatic hydroxyl groups is 1. The topological polar surface area (TPSA) is 29.5 Å². The summed E-state index contributed by atoms with van der Waals surface area (Å²) in [5, 5.41) is 8.21. The number of hydrogen-bond donors (Lipinski definition) is 1. The van der Waals surface area contributed by atoms with Crippen LogP contribution in [0.2, 0.25) is 0 Å². The van der Waals surface area contributed by atoms with E-state index in [0.29, 0.717) is 6.61 Å². The van der Waals surface area contributed by atoms with Gasteiger partial charge < -0.3 is 9.84 Å². The van der Waals surface area contributed by atoms with Gasteiger partial charge in [-0.1, -0.05) is 13.8 Å². The van der Waals surface area contributed by atoms with Crippen LogP contribution in [-0.4, -0.2) is 18.5 Å². The number of hydrogen-bond acceptors (Lipinski definition) is 2. The number of aliphatic hydroxyl groups excluding tert-OH is 1. The van der Waals surface area contributed by atoms with E-state index in [2.05, 4.69) is 13.8 Å². The molecule has 0 aliphatic carbocycles. The van der Waals surface area contributed by atoms with Crippen LogP contribution in [0.3, 0.4) is 0 Å². The van der Waals surface area contributed by atoms with Gasteiger partial charge in [-0.3, -0.25) is 0 Å². The van der Waals surface area contributed by atoms with E-state index in [-0.39, 0.29) is 6.79 Å². The van der Waals surface area contributed by atoms with Gasteiger partial charge in [0.05, 0.1) is 0 Å². The summed E-state index contributed by atoms with van der Waals surface area (Å²) in [6.45, 7) is 4.91. The van der Waals surface area contributed by atoms with E-state index in [9.17, 15) is 0 Å². The molecule has 2 heteroatoms. The third-order valence-corrected chi connectivity index (χ3v) is 1.16. The molecule has 0 radical (unpaired) electrons. The van der Waals surface area contributed by atoms with Gasteiger partial charge in [0.25, 0.3) is 0 Å². The lowest BCUT2D eigenvalue weighted by molar-refractivity contribution is -0.00349. The summed E-state index contributed by atoms with van der Waals surface area (Å²) in [6.07, 6.45) is 2.23. The number of rotatable bonds is 5. The van der Waals surface area contributed by atoms with Crippen LogP contribution in [0.5, 0.6) is 0 Å². The Balaban J connectivity index is 2.75. The molecule has 0 aliphatic rings. The van der Waals surface area contributed by atoms with E-state index in [1.165, 1.54) is 6.42 Å². The van der Waals surface area contributed by atoms with Crippen molar-refractivity contribution in [2.45, 2.75) is 26.7 Å². The van der Waals surface area contributed by atoms with Crippen molar-refractivity contribution in [3.63, 3.8) is 0 Å². The Kier molecular flexibility index (Phi) is 5.99. The van der Waals surface area contributed by atoms with Crippen molar-refractivity contribution in [1.82, 2.24) is 0 Å². The Hall–Kier alpha value is -0.0800. The van der Waals surface area contributed by atoms with Crippen LogP contribution in [-0.2, 0) is 4.74 Å². The second kappa shape index (κ2) is 6.05. The summed E-state index contributed by atoms with van der Waals surface area (Å²) in [5.74, 6) is 0.743. The molecule has 0 aliphatic heterocycles. The fraction of sp³-hybridized carbons (Fsp3) is 1.00. The first-order chi connectivity index (χ1) is 4.27. The van der Waals surface area contributed by atoms with Gasteiger partial charge in [0.15, 0.2) is 0 Å². The van der Waals surface area contributed by atoms with Crippen molar-refractivity contribution in [3.8, 4) is 0 Å². The molecule has 0 aromatic rings. The highest BCUT2D eigenvalue weighted by Crippen LogP contribution is 2.02. The van der Waals surface area contributed by atoms with Crippen LogP contribution in [0.4, 0.5) is 0 Å². The Bertz CT molecular complexity index is 52.9. The summed E-state index contributed by atoms with van der Waals surface area (Å²) in [5.41, 5.74) is 0. The smallest absolute Gasteiger partial charge is 0.143 e. The average molecular weight is 132 g/mol. The van der Waals surface area contributed by atoms with Crippen LogP contribution < -0.4 is 0 Å². The molecule has 0 fully saturated rings. The molecule has 0 unspecified atom stereocenters. The van der Waals surface area contributed by atoms with E-state index < -0.39 is 0 Å². The Morgan fingerprint density at radius 3 is 2.56 bits per heavy atom. The van der Waals surface area contributed by atoms with Gasteiger partial charge in [-0.05, 0) is 18.8 Å². The molecule has 0 amide bonds. The first kappa shape index (κ1) is 8.92. The second-order valence-corrected chi connectivity index (χ2v) is 2.57. The molecular weight excluding hydrogens is 116 g/mol. The lowest BCUT2D eigenvalue weighted by Crippen LogP contribution is -1.97. The molecule has 0 spiro atoms. The molecule has 1 N–H and O–H groups in total. The van der Waals surface area contributed by atoms with Crippen LogP contribution in [0.25, 0.3) is 0 Å². The summed E-state index contributed by atoms with van der Waals surface area (Å²) in [4.78, 5) is 0. The molecule has 56 valence electrons. The Morgan fingerprint density at radius 1 is 1.44 bits per heavy atom. The lowest BCUT2D eigenvalue weighted by Gasteiger charge is -2.02. The van der Waals surface area contributed by atoms with E-state index in [4.69, 9.17) is 9.84 Å². The zero-order valence-electron chi connectivity index (χ0n) is 6.26. The van der Waals surface area contributed by atoms with Gasteiger partial charge in [-0.15, -0.1) is 0 Å². The highest BCUT2D eigenvalue weighted by Gasteiger charge is 1.92. The highest BCUT2D eigenvalue weighted by molar-refractivity contribution is 4.43. The van der Waals surface area contributed by atoms with E-state index in [1.54, 1.807) is 0 Å². The van der Waals surface area contributed by atoms with Gasteiger partial charge in [-0.25, -0.2) is 0 Å². The summed E-state index contributed by atoms with van der Waals surface area (Å²) < 4.78 is 4.74. The minimum Gasteiger partial charge on any atom is -0.371 e. The highest BCUT2D eigenvalue weighted by atomic mass is 16.6. The Morgan fingerprint density at radius 2 is 2.11 bits per heavy atom. The molecule has 0 saturated carbocycles. The molecule has 0 aromatic carbocycles. The first-order valence-electron chi connectivity index (χ1n) is 3.46. The molecule has 2 nitrogen and oxygen atoms in total. The maximum atomic E-state index is 8.21. The predicted octanol–water partition coefficient (Wildman–Crippen LogP) is 1.39. The van der Waals surface area contributed by atoms with E-state index in [1.807, 2.05) is 0 Å². The predicted molar refractivity (Wildman–Crippen MR) is 37.1 cm³/mol. The van der Waals surface area contributed by atoms with E-state index >= 15 is 0 Å². The molecule has 0 atom stereocenters. The lowest BCUT2D eigenvalue weighted by atomic mass is 10.1. The fourth-order valence-corrected chi connectivity index (χ4v) is 0.658. The molecule has 9 heavy (non-hydrogen) atoms. The zero-order chi connectivity index (χ0) is 7.11. The molecule has 0 heterocycles. The van der Waals surface area contributed by atoms with Crippen molar-refractivity contribution in [2.75, 3.05) is 13.4 Å². The van der Waals surface area contributed by atoms with Gasteiger partial charge in [0.1, 0.15) is 6.79 Å². The zero-order valence-corrected chi connectivity index (χ0v) is 6.26. The minimum atomic E-state index is -0.141. The second-order valence-electron chi connectivity index (χ2n) is 2.57. The van der Waals surface area contributed by atoms with Crippen LogP contribution in [0.15, 0.2) is 0 Å². The van der Waals surface area contributed by atoms with Crippen LogP contribution in [0, 0.1) is 5.92 Å². The molecule has 0 aromatic heterocycles. The standard InChI is InChI=1S/C7H16O2/c1-7(2)4-3-5-9-6-8/h7-8H,3-6H2,1-2H3. The van der Waals surface area contributed by atoms with Crippen molar-refractivity contribution >= 4 is 0 Å². The van der Waals surface area contributed by atoms with Crippen molar-refractivity contribution in [1.29, 1.82) is 0 Å². The van der Waals surface area contributed by atoms with Crippen molar-refractivity contribution in [2.24, 2.45) is 5.92 Å². The average Bonchev–Trinajstić information content (AvgIpc) is 1.80. The monoisotopic (exact) mass is 132 g/mol.